The predicted molar refractivity (Wildman–Crippen MR) is 120 cm³/mol. The number of rotatable bonds is 9. The van der Waals surface area contributed by atoms with Crippen molar-refractivity contribution in [2.24, 2.45) is 4.99 Å². The van der Waals surface area contributed by atoms with Crippen LogP contribution in [0.1, 0.15) is 25.0 Å². The molecule has 1 aromatic rings. The normalized spacial score (nSPS) is 11.7. The van der Waals surface area contributed by atoms with E-state index >= 15 is 0 Å². The van der Waals surface area contributed by atoms with Gasteiger partial charge in [0, 0.05) is 37.6 Å². The number of guanidine groups is 1. The van der Waals surface area contributed by atoms with Gasteiger partial charge in [0.15, 0.2) is 5.96 Å². The SMILES string of the molecule is CN=C(NCc1ccc(C)cc1OCCOC)NCC(C)(C)SC.I. The lowest BCUT2D eigenvalue weighted by atomic mass is 10.1. The van der Waals surface area contributed by atoms with Gasteiger partial charge in [0.05, 0.1) is 6.61 Å². The van der Waals surface area contributed by atoms with Gasteiger partial charge in [0.2, 0.25) is 0 Å². The van der Waals surface area contributed by atoms with Gasteiger partial charge in [-0.15, -0.1) is 24.0 Å². The third-order valence-electron chi connectivity index (χ3n) is 3.67. The molecule has 0 aliphatic heterocycles. The molecule has 0 aromatic heterocycles. The third kappa shape index (κ3) is 9.55. The molecule has 1 aromatic carbocycles. The summed E-state index contributed by atoms with van der Waals surface area (Å²) in [5.74, 6) is 1.68. The Morgan fingerprint density at radius 3 is 2.56 bits per heavy atom. The van der Waals surface area contributed by atoms with Crippen molar-refractivity contribution in [1.82, 2.24) is 10.6 Å². The summed E-state index contributed by atoms with van der Waals surface area (Å²) >= 11 is 1.83. The molecule has 0 amide bonds. The minimum Gasteiger partial charge on any atom is -0.491 e. The minimum atomic E-state index is 0. The summed E-state index contributed by atoms with van der Waals surface area (Å²) in [5, 5.41) is 6.72. The van der Waals surface area contributed by atoms with Crippen molar-refractivity contribution in [3.05, 3.63) is 29.3 Å². The van der Waals surface area contributed by atoms with Gasteiger partial charge in [0.1, 0.15) is 12.4 Å². The van der Waals surface area contributed by atoms with Crippen LogP contribution >= 0.6 is 35.7 Å². The highest BCUT2D eigenvalue weighted by atomic mass is 127. The topological polar surface area (TPSA) is 54.9 Å². The van der Waals surface area contributed by atoms with Crippen molar-refractivity contribution >= 4 is 41.7 Å². The largest absolute Gasteiger partial charge is 0.491 e. The van der Waals surface area contributed by atoms with Crippen LogP contribution in [0.5, 0.6) is 5.75 Å². The van der Waals surface area contributed by atoms with E-state index in [1.807, 2.05) is 11.8 Å². The van der Waals surface area contributed by atoms with Crippen LogP contribution in [-0.2, 0) is 11.3 Å². The predicted octanol–water partition coefficient (Wildman–Crippen LogP) is 3.44. The molecule has 0 radical (unpaired) electrons. The first-order valence-electron chi connectivity index (χ1n) is 8.13. The Balaban J connectivity index is 0.00000576. The monoisotopic (exact) mass is 481 g/mol. The zero-order chi connectivity index (χ0) is 18.0. The summed E-state index contributed by atoms with van der Waals surface area (Å²) in [6.07, 6.45) is 2.12. The number of methoxy groups -OCH3 is 1. The molecular formula is C18H32IN3O2S. The van der Waals surface area contributed by atoms with Crippen LogP contribution in [0.25, 0.3) is 0 Å². The molecule has 1 rings (SSSR count). The summed E-state index contributed by atoms with van der Waals surface area (Å²) < 4.78 is 11.0. The van der Waals surface area contributed by atoms with Gasteiger partial charge < -0.3 is 20.1 Å². The van der Waals surface area contributed by atoms with Crippen molar-refractivity contribution in [3.8, 4) is 5.75 Å². The number of halogens is 1. The molecular weight excluding hydrogens is 449 g/mol. The molecule has 144 valence electrons. The Morgan fingerprint density at radius 1 is 1.24 bits per heavy atom. The summed E-state index contributed by atoms with van der Waals surface area (Å²) in [6.45, 7) is 9.10. The van der Waals surface area contributed by atoms with Gasteiger partial charge in [-0.2, -0.15) is 11.8 Å². The molecule has 0 aliphatic carbocycles. The number of thioether (sulfide) groups is 1. The Bertz CT molecular complexity index is 539. The van der Waals surface area contributed by atoms with Crippen molar-refractivity contribution in [2.75, 3.05) is 40.2 Å². The zero-order valence-corrected chi connectivity index (χ0v) is 19.3. The summed E-state index contributed by atoms with van der Waals surface area (Å²) in [6, 6.07) is 6.23. The van der Waals surface area contributed by atoms with E-state index in [2.05, 4.69) is 60.9 Å². The van der Waals surface area contributed by atoms with Gasteiger partial charge in [-0.3, -0.25) is 4.99 Å². The average Bonchev–Trinajstić information content (AvgIpc) is 2.56. The molecule has 0 fully saturated rings. The fourth-order valence-electron chi connectivity index (χ4n) is 1.95. The summed E-state index contributed by atoms with van der Waals surface area (Å²) in [7, 11) is 3.46. The number of aliphatic imine (C=N–C) groups is 1. The molecule has 25 heavy (non-hydrogen) atoms. The molecule has 0 atom stereocenters. The molecule has 0 unspecified atom stereocenters. The molecule has 2 N–H and O–H groups in total. The highest BCUT2D eigenvalue weighted by Gasteiger charge is 2.16. The highest BCUT2D eigenvalue weighted by Crippen LogP contribution is 2.21. The van der Waals surface area contributed by atoms with E-state index in [4.69, 9.17) is 9.47 Å². The maximum absolute atomic E-state index is 5.83. The standard InChI is InChI=1S/C18H31N3O2S.HI/c1-14-7-8-15(16(11-14)23-10-9-22-5)12-20-17(19-4)21-13-18(2,3)24-6;/h7-8,11H,9-10,12-13H2,1-6H3,(H2,19,20,21);1H. The second-order valence-electron chi connectivity index (χ2n) is 6.20. The highest BCUT2D eigenvalue weighted by molar-refractivity contribution is 14.0. The zero-order valence-electron chi connectivity index (χ0n) is 16.1. The fourth-order valence-corrected chi connectivity index (χ4v) is 2.16. The van der Waals surface area contributed by atoms with E-state index in [-0.39, 0.29) is 28.7 Å². The molecule has 0 saturated heterocycles. The van der Waals surface area contributed by atoms with E-state index in [9.17, 15) is 0 Å². The van der Waals surface area contributed by atoms with Gasteiger partial charge in [0.25, 0.3) is 0 Å². The smallest absolute Gasteiger partial charge is 0.191 e. The number of aryl methyl sites for hydroxylation is 1. The van der Waals surface area contributed by atoms with Crippen LogP contribution in [0.2, 0.25) is 0 Å². The molecule has 0 heterocycles. The Hall–Kier alpha value is -0.670. The summed E-state index contributed by atoms with van der Waals surface area (Å²) in [4.78, 5) is 4.29. The van der Waals surface area contributed by atoms with Crippen LogP contribution in [-0.4, -0.2) is 50.9 Å². The Kier molecular flexibility index (Phi) is 12.3. The lowest BCUT2D eigenvalue weighted by Crippen LogP contribution is -2.43. The minimum absolute atomic E-state index is 0. The van der Waals surface area contributed by atoms with Crippen molar-refractivity contribution in [1.29, 1.82) is 0 Å². The number of nitrogens with zero attached hydrogens (tertiary/aromatic N) is 1. The van der Waals surface area contributed by atoms with E-state index < -0.39 is 0 Å². The quantitative estimate of drug-likeness (QED) is 0.245. The Labute approximate surface area is 173 Å². The van der Waals surface area contributed by atoms with Gasteiger partial charge >= 0.3 is 0 Å². The van der Waals surface area contributed by atoms with Crippen molar-refractivity contribution in [3.63, 3.8) is 0 Å². The maximum Gasteiger partial charge on any atom is 0.191 e. The molecule has 0 bridgehead atoms. The lowest BCUT2D eigenvalue weighted by Gasteiger charge is -2.24. The second-order valence-corrected chi connectivity index (χ2v) is 7.71. The maximum atomic E-state index is 5.83. The van der Waals surface area contributed by atoms with E-state index in [1.54, 1.807) is 14.2 Å². The van der Waals surface area contributed by atoms with Crippen LogP contribution in [0.3, 0.4) is 0 Å². The van der Waals surface area contributed by atoms with Crippen LogP contribution in [0.15, 0.2) is 23.2 Å². The number of nitrogens with one attached hydrogen (secondary N) is 2. The third-order valence-corrected chi connectivity index (χ3v) is 4.92. The van der Waals surface area contributed by atoms with Crippen molar-refractivity contribution < 1.29 is 9.47 Å². The summed E-state index contributed by atoms with van der Waals surface area (Å²) in [5.41, 5.74) is 2.28. The molecule has 0 saturated carbocycles. The van der Waals surface area contributed by atoms with Gasteiger partial charge in [-0.1, -0.05) is 12.1 Å². The first-order chi connectivity index (χ1) is 11.4. The van der Waals surface area contributed by atoms with Gasteiger partial charge in [-0.25, -0.2) is 0 Å². The lowest BCUT2D eigenvalue weighted by molar-refractivity contribution is 0.145. The first-order valence-corrected chi connectivity index (χ1v) is 9.35. The van der Waals surface area contributed by atoms with Crippen LogP contribution in [0.4, 0.5) is 0 Å². The fraction of sp³-hybridized carbons (Fsp3) is 0.611. The van der Waals surface area contributed by atoms with Crippen LogP contribution in [0, 0.1) is 6.92 Å². The average molecular weight is 481 g/mol. The molecule has 7 heteroatoms. The number of benzene rings is 1. The van der Waals surface area contributed by atoms with Gasteiger partial charge in [-0.05, 0) is 38.7 Å². The molecule has 5 nitrogen and oxygen atoms in total. The van der Waals surface area contributed by atoms with E-state index in [0.29, 0.717) is 19.8 Å². The Morgan fingerprint density at radius 2 is 1.96 bits per heavy atom. The van der Waals surface area contributed by atoms with E-state index in [1.165, 1.54) is 5.56 Å². The number of ether oxygens (including phenoxy) is 2. The molecule has 0 spiro atoms. The molecule has 0 aliphatic rings. The number of hydrogen-bond donors (Lipinski definition) is 2. The van der Waals surface area contributed by atoms with Crippen molar-refractivity contribution in [2.45, 2.75) is 32.1 Å². The second kappa shape index (κ2) is 12.6. The number of hydrogen-bond acceptors (Lipinski definition) is 4. The first kappa shape index (κ1) is 24.3. The van der Waals surface area contributed by atoms with Crippen LogP contribution < -0.4 is 15.4 Å². The van der Waals surface area contributed by atoms with E-state index in [0.717, 1.165) is 23.8 Å².